The second-order valence-corrected chi connectivity index (χ2v) is 4.07. The van der Waals surface area contributed by atoms with Gasteiger partial charge < -0.3 is 5.11 Å². The van der Waals surface area contributed by atoms with Crippen molar-refractivity contribution in [1.82, 2.24) is 4.98 Å². The summed E-state index contributed by atoms with van der Waals surface area (Å²) in [6.07, 6.45) is 3.39. The molecule has 18 heavy (non-hydrogen) atoms. The highest BCUT2D eigenvalue weighted by atomic mass is 16.4. The molecule has 0 saturated heterocycles. The van der Waals surface area contributed by atoms with Gasteiger partial charge in [0, 0.05) is 11.8 Å². The van der Waals surface area contributed by atoms with E-state index in [1.165, 1.54) is 0 Å². The van der Waals surface area contributed by atoms with E-state index in [0.29, 0.717) is 0 Å². The number of carbonyl (C=O) groups is 1. The summed E-state index contributed by atoms with van der Waals surface area (Å²) < 4.78 is 0. The number of aromatic carboxylic acids is 1. The Hall–Kier alpha value is -2.42. The van der Waals surface area contributed by atoms with Gasteiger partial charge in [0.25, 0.3) is 0 Å². The van der Waals surface area contributed by atoms with Gasteiger partial charge in [-0.1, -0.05) is 18.7 Å². The van der Waals surface area contributed by atoms with Crippen molar-refractivity contribution in [2.75, 3.05) is 0 Å². The molecule has 1 aromatic heterocycles. The molecule has 0 unspecified atom stereocenters. The molecule has 3 nitrogen and oxygen atoms in total. The van der Waals surface area contributed by atoms with Crippen LogP contribution in [-0.2, 0) is 0 Å². The summed E-state index contributed by atoms with van der Waals surface area (Å²) in [4.78, 5) is 15.3. The molecule has 1 aromatic carbocycles. The fourth-order valence-corrected chi connectivity index (χ4v) is 1.68. The average Bonchev–Trinajstić information content (AvgIpc) is 2.39. The highest BCUT2D eigenvalue weighted by Crippen LogP contribution is 2.21. The average molecular weight is 239 g/mol. The maximum atomic E-state index is 11.1. The molecule has 1 heterocycles. The van der Waals surface area contributed by atoms with Gasteiger partial charge in [0.15, 0.2) is 0 Å². The van der Waals surface area contributed by atoms with Crippen molar-refractivity contribution in [3.05, 3.63) is 59.8 Å². The number of hydrogen-bond donors (Lipinski definition) is 1. The van der Waals surface area contributed by atoms with Crippen LogP contribution in [0.1, 0.15) is 21.5 Å². The lowest BCUT2D eigenvalue weighted by molar-refractivity contribution is 0.0697. The molecule has 0 spiro atoms. The van der Waals surface area contributed by atoms with E-state index in [2.05, 4.69) is 11.6 Å². The van der Waals surface area contributed by atoms with Gasteiger partial charge in [0.1, 0.15) is 0 Å². The number of aryl methyl sites for hydroxylation is 1. The van der Waals surface area contributed by atoms with Crippen LogP contribution >= 0.6 is 0 Å². The predicted molar refractivity (Wildman–Crippen MR) is 71.5 cm³/mol. The van der Waals surface area contributed by atoms with E-state index in [1.54, 1.807) is 24.4 Å². The molecule has 0 radical (unpaired) electrons. The zero-order chi connectivity index (χ0) is 13.1. The van der Waals surface area contributed by atoms with Gasteiger partial charge in [-0.3, -0.25) is 4.98 Å². The van der Waals surface area contributed by atoms with E-state index in [1.807, 2.05) is 25.1 Å². The molecule has 0 aliphatic carbocycles. The monoisotopic (exact) mass is 239 g/mol. The van der Waals surface area contributed by atoms with E-state index < -0.39 is 5.97 Å². The Kier molecular flexibility index (Phi) is 3.24. The topological polar surface area (TPSA) is 50.2 Å². The van der Waals surface area contributed by atoms with Crippen molar-refractivity contribution >= 4 is 12.0 Å². The van der Waals surface area contributed by atoms with Crippen molar-refractivity contribution in [2.45, 2.75) is 6.92 Å². The van der Waals surface area contributed by atoms with Gasteiger partial charge in [-0.25, -0.2) is 4.79 Å². The van der Waals surface area contributed by atoms with Crippen molar-refractivity contribution in [3.63, 3.8) is 0 Å². The SMILES string of the molecule is C=Cc1cc(C(=O)O)cc(-c2ccc(C)cn2)c1. The number of pyridine rings is 1. The summed E-state index contributed by atoms with van der Waals surface area (Å²) in [5, 5.41) is 9.07. The Morgan fingerprint density at radius 3 is 2.67 bits per heavy atom. The zero-order valence-electron chi connectivity index (χ0n) is 10.1. The number of hydrogen-bond acceptors (Lipinski definition) is 2. The van der Waals surface area contributed by atoms with Crippen LogP contribution < -0.4 is 0 Å². The minimum Gasteiger partial charge on any atom is -0.478 e. The standard InChI is InChI=1S/C15H13NO2/c1-3-11-6-12(8-13(7-11)15(17)18)14-5-4-10(2)9-16-14/h3-9H,1H2,2H3,(H,17,18). The highest BCUT2D eigenvalue weighted by molar-refractivity contribution is 5.90. The fraction of sp³-hybridized carbons (Fsp3) is 0.0667. The van der Waals surface area contributed by atoms with Gasteiger partial charge in [-0.15, -0.1) is 0 Å². The quantitative estimate of drug-likeness (QED) is 0.893. The van der Waals surface area contributed by atoms with Crippen LogP contribution in [0.2, 0.25) is 0 Å². The molecule has 1 N–H and O–H groups in total. The van der Waals surface area contributed by atoms with E-state index in [9.17, 15) is 4.79 Å². The molecule has 2 aromatic rings. The lowest BCUT2D eigenvalue weighted by atomic mass is 10.0. The molecule has 0 saturated carbocycles. The van der Waals surface area contributed by atoms with Crippen molar-refractivity contribution in [2.24, 2.45) is 0 Å². The fourth-order valence-electron chi connectivity index (χ4n) is 1.68. The normalized spacial score (nSPS) is 10.1. The smallest absolute Gasteiger partial charge is 0.335 e. The Labute approximate surface area is 105 Å². The zero-order valence-corrected chi connectivity index (χ0v) is 10.1. The summed E-state index contributed by atoms with van der Waals surface area (Å²) >= 11 is 0. The molecule has 0 atom stereocenters. The van der Waals surface area contributed by atoms with Gasteiger partial charge in [-0.2, -0.15) is 0 Å². The maximum Gasteiger partial charge on any atom is 0.335 e. The molecular weight excluding hydrogens is 226 g/mol. The lowest BCUT2D eigenvalue weighted by Gasteiger charge is -2.05. The van der Waals surface area contributed by atoms with Crippen LogP contribution in [0, 0.1) is 6.92 Å². The van der Waals surface area contributed by atoms with E-state index in [4.69, 9.17) is 5.11 Å². The van der Waals surface area contributed by atoms with E-state index in [-0.39, 0.29) is 5.56 Å². The molecule has 2 rings (SSSR count). The summed E-state index contributed by atoms with van der Waals surface area (Å²) in [6, 6.07) is 8.91. The first-order valence-corrected chi connectivity index (χ1v) is 5.54. The Balaban J connectivity index is 2.56. The van der Waals surface area contributed by atoms with E-state index in [0.717, 1.165) is 22.4 Å². The van der Waals surface area contributed by atoms with E-state index >= 15 is 0 Å². The van der Waals surface area contributed by atoms with Crippen LogP contribution in [0.15, 0.2) is 43.1 Å². The van der Waals surface area contributed by atoms with Crippen LogP contribution in [0.5, 0.6) is 0 Å². The number of rotatable bonds is 3. The second kappa shape index (κ2) is 4.84. The van der Waals surface area contributed by atoms with Crippen molar-refractivity contribution in [3.8, 4) is 11.3 Å². The molecule has 0 aliphatic heterocycles. The molecule has 0 bridgehead atoms. The third kappa shape index (κ3) is 2.46. The number of carboxylic acid groups (broad SMARTS) is 1. The van der Waals surface area contributed by atoms with Crippen LogP contribution in [0.4, 0.5) is 0 Å². The van der Waals surface area contributed by atoms with Crippen LogP contribution in [0.3, 0.4) is 0 Å². The first-order valence-electron chi connectivity index (χ1n) is 5.54. The Bertz CT molecular complexity index is 600. The Morgan fingerprint density at radius 1 is 1.33 bits per heavy atom. The third-order valence-electron chi connectivity index (χ3n) is 2.65. The lowest BCUT2D eigenvalue weighted by Crippen LogP contribution is -1.97. The Morgan fingerprint density at radius 2 is 2.11 bits per heavy atom. The highest BCUT2D eigenvalue weighted by Gasteiger charge is 2.08. The number of aromatic nitrogens is 1. The summed E-state index contributed by atoms with van der Waals surface area (Å²) in [7, 11) is 0. The minimum absolute atomic E-state index is 0.241. The first kappa shape index (κ1) is 12.0. The third-order valence-corrected chi connectivity index (χ3v) is 2.65. The number of carboxylic acids is 1. The summed E-state index contributed by atoms with van der Waals surface area (Å²) in [5.74, 6) is -0.952. The summed E-state index contributed by atoms with van der Waals surface area (Å²) in [6.45, 7) is 5.62. The summed E-state index contributed by atoms with van der Waals surface area (Å²) in [5.41, 5.74) is 3.62. The number of benzene rings is 1. The molecule has 0 aliphatic rings. The molecule has 90 valence electrons. The van der Waals surface area contributed by atoms with Crippen LogP contribution in [0.25, 0.3) is 17.3 Å². The van der Waals surface area contributed by atoms with Crippen molar-refractivity contribution in [1.29, 1.82) is 0 Å². The number of nitrogens with zero attached hydrogens (tertiary/aromatic N) is 1. The van der Waals surface area contributed by atoms with Gasteiger partial charge in [0.05, 0.1) is 11.3 Å². The molecular formula is C15H13NO2. The van der Waals surface area contributed by atoms with Gasteiger partial charge in [0.2, 0.25) is 0 Å². The van der Waals surface area contributed by atoms with Gasteiger partial charge >= 0.3 is 5.97 Å². The first-order chi connectivity index (χ1) is 8.60. The largest absolute Gasteiger partial charge is 0.478 e. The molecule has 0 fully saturated rings. The van der Waals surface area contributed by atoms with Crippen molar-refractivity contribution < 1.29 is 9.90 Å². The second-order valence-electron chi connectivity index (χ2n) is 4.07. The minimum atomic E-state index is -0.952. The maximum absolute atomic E-state index is 11.1. The van der Waals surface area contributed by atoms with Gasteiger partial charge in [-0.05, 0) is 42.3 Å². The molecule has 0 amide bonds. The molecule has 3 heteroatoms. The predicted octanol–water partition coefficient (Wildman–Crippen LogP) is 3.40. The van der Waals surface area contributed by atoms with Crippen LogP contribution in [-0.4, -0.2) is 16.1 Å².